The topological polar surface area (TPSA) is 22.1 Å². The fraction of sp³-hybridized carbons (Fsp3) is 0.214. The second kappa shape index (κ2) is 5.59. The molecule has 1 heterocycles. The highest BCUT2D eigenvalue weighted by molar-refractivity contribution is 6.30. The van der Waals surface area contributed by atoms with Gasteiger partial charge in [0.1, 0.15) is 17.5 Å². The predicted octanol–water partition coefficient (Wildman–Crippen LogP) is 4.58. The van der Waals surface area contributed by atoms with Crippen LogP contribution >= 0.6 is 23.2 Å². The third kappa shape index (κ3) is 3.15. The summed E-state index contributed by atoms with van der Waals surface area (Å²) < 4.78 is 5.82. The fourth-order valence-corrected chi connectivity index (χ4v) is 2.34. The number of aryl methyl sites for hydroxylation is 2. The molecule has 0 unspecified atom stereocenters. The summed E-state index contributed by atoms with van der Waals surface area (Å²) in [6, 6.07) is 7.46. The van der Waals surface area contributed by atoms with Gasteiger partial charge in [-0.05, 0) is 54.8 Å². The molecular formula is C14H13Cl2NO. The largest absolute Gasteiger partial charge is 0.488 e. The van der Waals surface area contributed by atoms with Gasteiger partial charge in [0, 0.05) is 11.2 Å². The van der Waals surface area contributed by atoms with Crippen LogP contribution in [0.4, 0.5) is 0 Å². The molecule has 2 nitrogen and oxygen atoms in total. The Morgan fingerprint density at radius 3 is 2.39 bits per heavy atom. The molecule has 2 rings (SSSR count). The Hall–Kier alpha value is -1.25. The molecule has 0 fully saturated rings. The van der Waals surface area contributed by atoms with Crippen LogP contribution < -0.4 is 4.74 Å². The molecular weight excluding hydrogens is 269 g/mol. The molecule has 0 atom stereocenters. The van der Waals surface area contributed by atoms with E-state index in [2.05, 4.69) is 4.98 Å². The monoisotopic (exact) mass is 281 g/mol. The van der Waals surface area contributed by atoms with Crippen LogP contribution in [-0.2, 0) is 6.61 Å². The van der Waals surface area contributed by atoms with E-state index in [4.69, 9.17) is 27.9 Å². The molecule has 2 aromatic rings. The first-order chi connectivity index (χ1) is 8.56. The quantitative estimate of drug-likeness (QED) is 0.768. The average Bonchev–Trinajstić information content (AvgIpc) is 2.27. The van der Waals surface area contributed by atoms with E-state index in [-0.39, 0.29) is 0 Å². The molecule has 1 aromatic heterocycles. The van der Waals surface area contributed by atoms with Crippen LogP contribution in [0.1, 0.15) is 16.7 Å². The third-order valence-electron chi connectivity index (χ3n) is 2.60. The van der Waals surface area contributed by atoms with Crippen molar-refractivity contribution in [1.29, 1.82) is 0 Å². The lowest BCUT2D eigenvalue weighted by Crippen LogP contribution is -1.99. The van der Waals surface area contributed by atoms with E-state index in [0.717, 1.165) is 27.5 Å². The van der Waals surface area contributed by atoms with Crippen LogP contribution in [0.15, 0.2) is 30.5 Å². The summed E-state index contributed by atoms with van der Waals surface area (Å²) in [4.78, 5) is 3.93. The molecule has 0 amide bonds. The van der Waals surface area contributed by atoms with Crippen molar-refractivity contribution < 1.29 is 4.74 Å². The summed E-state index contributed by atoms with van der Waals surface area (Å²) >= 11 is 11.8. The molecule has 0 bridgehead atoms. The number of rotatable bonds is 3. The third-order valence-corrected chi connectivity index (χ3v) is 3.02. The number of benzene rings is 1. The molecule has 0 aliphatic rings. The first-order valence-corrected chi connectivity index (χ1v) is 6.32. The maximum absolute atomic E-state index is 5.98. The number of aromatic nitrogens is 1. The molecule has 0 N–H and O–H groups in total. The van der Waals surface area contributed by atoms with E-state index >= 15 is 0 Å². The van der Waals surface area contributed by atoms with Gasteiger partial charge in [0.2, 0.25) is 0 Å². The van der Waals surface area contributed by atoms with Gasteiger partial charge in [0.15, 0.2) is 0 Å². The van der Waals surface area contributed by atoms with Crippen LogP contribution in [0.3, 0.4) is 0 Å². The molecule has 0 saturated heterocycles. The molecule has 94 valence electrons. The van der Waals surface area contributed by atoms with Crippen LogP contribution in [0.5, 0.6) is 5.75 Å². The van der Waals surface area contributed by atoms with Gasteiger partial charge >= 0.3 is 0 Å². The average molecular weight is 282 g/mol. The van der Waals surface area contributed by atoms with Gasteiger partial charge in [-0.15, -0.1) is 0 Å². The Kier molecular flexibility index (Phi) is 4.10. The van der Waals surface area contributed by atoms with Gasteiger partial charge in [-0.1, -0.05) is 23.2 Å². The van der Waals surface area contributed by atoms with Crippen molar-refractivity contribution in [2.75, 3.05) is 0 Å². The zero-order valence-corrected chi connectivity index (χ0v) is 11.7. The Morgan fingerprint density at radius 1 is 1.11 bits per heavy atom. The standard InChI is InChI=1S/C14H13Cl2NO/c1-9-5-12(15)6-10(2)14(9)18-8-11-3-4-17-13(16)7-11/h3-7H,8H2,1-2H3. The molecule has 0 radical (unpaired) electrons. The van der Waals surface area contributed by atoms with Crippen LogP contribution in [-0.4, -0.2) is 4.98 Å². The second-order valence-corrected chi connectivity index (χ2v) is 4.97. The number of hydrogen-bond acceptors (Lipinski definition) is 2. The summed E-state index contributed by atoms with van der Waals surface area (Å²) in [5, 5.41) is 1.20. The minimum atomic E-state index is 0.464. The van der Waals surface area contributed by atoms with Crippen LogP contribution in [0.2, 0.25) is 10.2 Å². The van der Waals surface area contributed by atoms with E-state index in [0.29, 0.717) is 11.8 Å². The highest BCUT2D eigenvalue weighted by Crippen LogP contribution is 2.27. The van der Waals surface area contributed by atoms with Gasteiger partial charge in [-0.3, -0.25) is 0 Å². The van der Waals surface area contributed by atoms with Crippen molar-refractivity contribution >= 4 is 23.2 Å². The van der Waals surface area contributed by atoms with Crippen molar-refractivity contribution in [2.24, 2.45) is 0 Å². The molecule has 18 heavy (non-hydrogen) atoms. The number of halogens is 2. The highest BCUT2D eigenvalue weighted by Gasteiger charge is 2.06. The summed E-state index contributed by atoms with van der Waals surface area (Å²) in [6.45, 7) is 4.42. The first kappa shape index (κ1) is 13.2. The Labute approximate surface area is 117 Å². The number of hydrogen-bond donors (Lipinski definition) is 0. The Balaban J connectivity index is 2.16. The number of pyridine rings is 1. The zero-order chi connectivity index (χ0) is 13.1. The molecule has 0 saturated carbocycles. The van der Waals surface area contributed by atoms with Gasteiger partial charge in [-0.2, -0.15) is 0 Å². The number of nitrogens with zero attached hydrogens (tertiary/aromatic N) is 1. The first-order valence-electron chi connectivity index (χ1n) is 5.56. The Bertz CT molecular complexity index is 546. The lowest BCUT2D eigenvalue weighted by Gasteiger charge is -2.12. The summed E-state index contributed by atoms with van der Waals surface area (Å²) in [6.07, 6.45) is 1.67. The van der Waals surface area contributed by atoms with Crippen molar-refractivity contribution in [3.8, 4) is 5.75 Å². The summed E-state index contributed by atoms with van der Waals surface area (Å²) in [5.74, 6) is 0.868. The van der Waals surface area contributed by atoms with Gasteiger partial charge in [0.05, 0.1) is 0 Å². The smallest absolute Gasteiger partial charge is 0.129 e. The van der Waals surface area contributed by atoms with Gasteiger partial charge in [0.25, 0.3) is 0 Å². The van der Waals surface area contributed by atoms with E-state index in [1.165, 1.54) is 0 Å². The maximum Gasteiger partial charge on any atom is 0.129 e. The number of ether oxygens (including phenoxy) is 1. The maximum atomic E-state index is 5.98. The predicted molar refractivity (Wildman–Crippen MR) is 74.5 cm³/mol. The fourth-order valence-electron chi connectivity index (χ4n) is 1.81. The van der Waals surface area contributed by atoms with E-state index in [9.17, 15) is 0 Å². The van der Waals surface area contributed by atoms with Crippen molar-refractivity contribution in [3.63, 3.8) is 0 Å². The molecule has 4 heteroatoms. The molecule has 1 aromatic carbocycles. The summed E-state index contributed by atoms with van der Waals surface area (Å²) in [7, 11) is 0. The van der Waals surface area contributed by atoms with E-state index < -0.39 is 0 Å². The Morgan fingerprint density at radius 2 is 1.78 bits per heavy atom. The van der Waals surface area contributed by atoms with Crippen molar-refractivity contribution in [1.82, 2.24) is 4.98 Å². The minimum Gasteiger partial charge on any atom is -0.488 e. The van der Waals surface area contributed by atoms with Crippen molar-refractivity contribution in [2.45, 2.75) is 20.5 Å². The zero-order valence-electron chi connectivity index (χ0n) is 10.2. The van der Waals surface area contributed by atoms with Crippen LogP contribution in [0, 0.1) is 13.8 Å². The summed E-state index contributed by atoms with van der Waals surface area (Å²) in [5.41, 5.74) is 3.05. The van der Waals surface area contributed by atoms with E-state index in [1.807, 2.05) is 32.0 Å². The van der Waals surface area contributed by atoms with E-state index in [1.54, 1.807) is 12.3 Å². The second-order valence-electron chi connectivity index (χ2n) is 4.14. The highest BCUT2D eigenvalue weighted by atomic mass is 35.5. The SMILES string of the molecule is Cc1cc(Cl)cc(C)c1OCc1ccnc(Cl)c1. The minimum absolute atomic E-state index is 0.464. The molecule has 0 aliphatic heterocycles. The van der Waals surface area contributed by atoms with Gasteiger partial charge in [-0.25, -0.2) is 4.98 Å². The van der Waals surface area contributed by atoms with Crippen LogP contribution in [0.25, 0.3) is 0 Å². The molecule has 0 spiro atoms. The molecule has 0 aliphatic carbocycles. The van der Waals surface area contributed by atoms with Crippen molar-refractivity contribution in [3.05, 3.63) is 57.3 Å². The lowest BCUT2D eigenvalue weighted by molar-refractivity contribution is 0.302. The van der Waals surface area contributed by atoms with Gasteiger partial charge < -0.3 is 4.74 Å². The lowest BCUT2D eigenvalue weighted by atomic mass is 10.1. The normalized spacial score (nSPS) is 10.4.